The summed E-state index contributed by atoms with van der Waals surface area (Å²) in [6, 6.07) is 5.77. The minimum absolute atomic E-state index is 0.0425. The van der Waals surface area contributed by atoms with E-state index in [1.54, 1.807) is 0 Å². The van der Waals surface area contributed by atoms with E-state index in [0.717, 1.165) is 52.7 Å². The highest BCUT2D eigenvalue weighted by Gasteiger charge is 2.41. The molecule has 7 nitrogen and oxygen atoms in total. The van der Waals surface area contributed by atoms with Crippen LogP contribution < -0.4 is 10.5 Å². The van der Waals surface area contributed by atoms with Gasteiger partial charge in [-0.25, -0.2) is 9.78 Å². The summed E-state index contributed by atoms with van der Waals surface area (Å²) in [5.41, 5.74) is 10.0. The highest BCUT2D eigenvalue weighted by atomic mass is 16.5. The number of carbonyl (C=O) groups excluding carboxylic acids is 1. The molecule has 0 bridgehead atoms. The van der Waals surface area contributed by atoms with Gasteiger partial charge in [-0.05, 0) is 69.2 Å². The molecular formula is C27H32N4O3. The van der Waals surface area contributed by atoms with Crippen molar-refractivity contribution in [2.75, 3.05) is 0 Å². The van der Waals surface area contributed by atoms with Gasteiger partial charge in [0.1, 0.15) is 11.7 Å². The summed E-state index contributed by atoms with van der Waals surface area (Å²) in [5, 5.41) is 1.89. The van der Waals surface area contributed by atoms with Crippen molar-refractivity contribution in [3.63, 3.8) is 0 Å². The van der Waals surface area contributed by atoms with Crippen molar-refractivity contribution in [1.29, 1.82) is 0 Å². The molecule has 178 valence electrons. The molecule has 1 aliphatic heterocycles. The molecular weight excluding hydrogens is 428 g/mol. The lowest BCUT2D eigenvalue weighted by Crippen LogP contribution is -2.32. The predicted octanol–water partition coefficient (Wildman–Crippen LogP) is 4.79. The van der Waals surface area contributed by atoms with Gasteiger partial charge in [-0.2, -0.15) is 0 Å². The van der Waals surface area contributed by atoms with Gasteiger partial charge in [0.2, 0.25) is 5.88 Å². The van der Waals surface area contributed by atoms with Crippen molar-refractivity contribution in [2.24, 2.45) is 5.73 Å². The van der Waals surface area contributed by atoms with Crippen molar-refractivity contribution in [1.82, 2.24) is 15.0 Å². The van der Waals surface area contributed by atoms with E-state index in [-0.39, 0.29) is 23.6 Å². The van der Waals surface area contributed by atoms with E-state index < -0.39 is 5.54 Å². The maximum absolute atomic E-state index is 12.2. The summed E-state index contributed by atoms with van der Waals surface area (Å²) in [4.78, 5) is 26.4. The second kappa shape index (κ2) is 8.01. The number of fused-ring (bicyclic) bond motifs is 2. The van der Waals surface area contributed by atoms with Crippen LogP contribution in [0.3, 0.4) is 0 Å². The molecule has 3 aromatic heterocycles. The highest BCUT2D eigenvalue weighted by molar-refractivity contribution is 5.92. The number of carbonyl (C=O) groups is 1. The third-order valence-corrected chi connectivity index (χ3v) is 7.43. The molecule has 4 heterocycles. The zero-order valence-corrected chi connectivity index (χ0v) is 20.5. The number of nitrogens with zero attached hydrogens (tertiary/aromatic N) is 3. The monoisotopic (exact) mass is 460 g/mol. The number of esters is 1. The molecule has 3 atom stereocenters. The molecule has 3 aromatic rings. The first kappa shape index (κ1) is 22.7. The first-order chi connectivity index (χ1) is 16.1. The van der Waals surface area contributed by atoms with Gasteiger partial charge in [0.25, 0.3) is 0 Å². The van der Waals surface area contributed by atoms with Crippen LogP contribution in [0.2, 0.25) is 0 Å². The van der Waals surface area contributed by atoms with Gasteiger partial charge in [0.05, 0.1) is 16.6 Å². The quantitative estimate of drug-likeness (QED) is 0.528. The number of hydrogen-bond donors (Lipinski definition) is 1. The first-order valence-corrected chi connectivity index (χ1v) is 12.1. The smallest absolute Gasteiger partial charge is 0.340 e. The molecule has 2 N–H and O–H groups in total. The Hall–Kier alpha value is -3.06. The van der Waals surface area contributed by atoms with E-state index in [2.05, 4.69) is 24.9 Å². The predicted molar refractivity (Wildman–Crippen MR) is 130 cm³/mol. The lowest BCUT2D eigenvalue weighted by Gasteiger charge is -2.27. The van der Waals surface area contributed by atoms with Crippen LogP contribution >= 0.6 is 0 Å². The third kappa shape index (κ3) is 4.02. The van der Waals surface area contributed by atoms with Crippen molar-refractivity contribution in [3.05, 3.63) is 58.8 Å². The van der Waals surface area contributed by atoms with Gasteiger partial charge >= 0.3 is 5.97 Å². The second-order valence-corrected chi connectivity index (χ2v) is 10.3. The molecule has 2 aliphatic rings. The summed E-state index contributed by atoms with van der Waals surface area (Å²) in [6.07, 6.45) is 6.88. The Morgan fingerprint density at radius 3 is 2.65 bits per heavy atom. The number of cyclic esters (lactones) is 1. The normalized spacial score (nSPS) is 22.6. The molecule has 0 unspecified atom stereocenters. The molecule has 0 radical (unpaired) electrons. The summed E-state index contributed by atoms with van der Waals surface area (Å²) in [7, 11) is 0. The zero-order chi connectivity index (χ0) is 24.3. The average molecular weight is 461 g/mol. The van der Waals surface area contributed by atoms with Crippen LogP contribution in [0.5, 0.6) is 5.88 Å². The topological polar surface area (TPSA) is 100 Å². The van der Waals surface area contributed by atoms with Gasteiger partial charge in [-0.1, -0.05) is 13.8 Å². The molecule has 1 fully saturated rings. The maximum atomic E-state index is 12.2. The fourth-order valence-corrected chi connectivity index (χ4v) is 4.37. The lowest BCUT2D eigenvalue weighted by molar-refractivity contribution is 0.0234. The van der Waals surface area contributed by atoms with Crippen LogP contribution in [0.15, 0.2) is 30.6 Å². The zero-order valence-electron chi connectivity index (χ0n) is 20.5. The minimum Gasteiger partial charge on any atom is -0.471 e. The Morgan fingerprint density at radius 1 is 1.18 bits per heavy atom. The Balaban J connectivity index is 1.55. The van der Waals surface area contributed by atoms with Crippen LogP contribution in [0.4, 0.5) is 0 Å². The summed E-state index contributed by atoms with van der Waals surface area (Å²) < 4.78 is 11.6. The molecule has 0 amide bonds. The SMILES string of the molecule is CC[C@@](C)(N)c1cnc(OC2(C)CC2)c2cnc(Cc3ccc4c(n3)[C@@H](C)[C@@H](C)OC4=O)cc12. The van der Waals surface area contributed by atoms with Crippen molar-refractivity contribution < 1.29 is 14.3 Å². The van der Waals surface area contributed by atoms with Crippen molar-refractivity contribution in [2.45, 2.75) is 83.5 Å². The number of pyridine rings is 3. The molecule has 7 heteroatoms. The van der Waals surface area contributed by atoms with Gasteiger partial charge in [-0.3, -0.25) is 9.97 Å². The molecule has 0 spiro atoms. The van der Waals surface area contributed by atoms with E-state index in [0.29, 0.717) is 17.9 Å². The van der Waals surface area contributed by atoms with Crippen LogP contribution in [0.25, 0.3) is 10.8 Å². The second-order valence-electron chi connectivity index (χ2n) is 10.3. The molecule has 34 heavy (non-hydrogen) atoms. The lowest BCUT2D eigenvalue weighted by atomic mass is 9.88. The van der Waals surface area contributed by atoms with E-state index in [1.807, 2.05) is 45.3 Å². The Bertz CT molecular complexity index is 1280. The number of ether oxygens (including phenoxy) is 2. The molecule has 0 saturated heterocycles. The van der Waals surface area contributed by atoms with Crippen LogP contribution in [0.1, 0.15) is 92.8 Å². The van der Waals surface area contributed by atoms with E-state index >= 15 is 0 Å². The molecule has 1 aliphatic carbocycles. The molecule has 5 rings (SSSR count). The van der Waals surface area contributed by atoms with E-state index in [4.69, 9.17) is 25.2 Å². The average Bonchev–Trinajstić information content (AvgIpc) is 3.54. The fourth-order valence-electron chi connectivity index (χ4n) is 4.37. The van der Waals surface area contributed by atoms with E-state index in [9.17, 15) is 4.79 Å². The minimum atomic E-state index is -0.526. The van der Waals surface area contributed by atoms with Gasteiger partial charge < -0.3 is 15.2 Å². The largest absolute Gasteiger partial charge is 0.471 e. The van der Waals surface area contributed by atoms with Crippen LogP contribution in [0, 0.1) is 0 Å². The van der Waals surface area contributed by atoms with Crippen LogP contribution in [-0.4, -0.2) is 32.6 Å². The van der Waals surface area contributed by atoms with Crippen LogP contribution in [-0.2, 0) is 16.7 Å². The standard InChI is InChI=1S/C27H32N4O3/c1-6-27(5,28)22-14-30-24(34-26(4)9-10-26)21-13-29-18(12-20(21)22)11-17-7-8-19-23(31-17)15(2)16(3)33-25(19)32/h7-8,12-16H,6,9-11,28H2,1-5H3/t15-,16+,27+/m0/s1. The number of hydrogen-bond acceptors (Lipinski definition) is 7. The van der Waals surface area contributed by atoms with E-state index in [1.165, 1.54) is 0 Å². The number of rotatable bonds is 6. The number of aromatic nitrogens is 3. The third-order valence-electron chi connectivity index (χ3n) is 7.43. The fraction of sp³-hybridized carbons (Fsp3) is 0.481. The Morgan fingerprint density at radius 2 is 1.94 bits per heavy atom. The molecule has 0 aromatic carbocycles. The van der Waals surface area contributed by atoms with Gasteiger partial charge in [0, 0.05) is 41.7 Å². The Labute approximate surface area is 200 Å². The Kier molecular flexibility index (Phi) is 5.35. The number of nitrogens with two attached hydrogens (primary N) is 1. The molecule has 1 saturated carbocycles. The summed E-state index contributed by atoms with van der Waals surface area (Å²) >= 11 is 0. The highest BCUT2D eigenvalue weighted by Crippen LogP contribution is 2.42. The van der Waals surface area contributed by atoms with Crippen molar-refractivity contribution >= 4 is 16.7 Å². The maximum Gasteiger partial charge on any atom is 0.340 e. The van der Waals surface area contributed by atoms with Gasteiger partial charge in [-0.15, -0.1) is 0 Å². The summed E-state index contributed by atoms with van der Waals surface area (Å²) in [6.45, 7) is 10.1. The van der Waals surface area contributed by atoms with Crippen molar-refractivity contribution in [3.8, 4) is 5.88 Å². The summed E-state index contributed by atoms with van der Waals surface area (Å²) in [5.74, 6) is 0.345. The first-order valence-electron chi connectivity index (χ1n) is 12.1. The van der Waals surface area contributed by atoms with Gasteiger partial charge in [0.15, 0.2) is 0 Å².